The molecule has 0 aromatic heterocycles. The number of fused-ring (bicyclic) bond motifs is 1. The van der Waals surface area contributed by atoms with Gasteiger partial charge in [-0.15, -0.1) is 0 Å². The first-order valence-electron chi connectivity index (χ1n) is 6.89. The average molecular weight is 328 g/mol. The number of nitrogens with one attached hydrogen (secondary N) is 1. The van der Waals surface area contributed by atoms with Gasteiger partial charge >= 0.3 is 0 Å². The molecule has 0 bridgehead atoms. The van der Waals surface area contributed by atoms with Crippen molar-refractivity contribution < 1.29 is 9.47 Å². The summed E-state index contributed by atoms with van der Waals surface area (Å²) < 4.78 is 12.2. The molecule has 1 N–H and O–H groups in total. The van der Waals surface area contributed by atoms with E-state index in [1.807, 2.05) is 6.07 Å². The molecule has 1 aliphatic carbocycles. The summed E-state index contributed by atoms with van der Waals surface area (Å²) in [6, 6.07) is 2.37. The molecule has 106 valence electrons. The minimum atomic E-state index is 0.351. The van der Waals surface area contributed by atoms with Crippen LogP contribution in [-0.2, 0) is 6.42 Å². The van der Waals surface area contributed by atoms with Gasteiger partial charge in [0.1, 0.15) is 0 Å². The monoisotopic (exact) mass is 327 g/mol. The molecule has 19 heavy (non-hydrogen) atoms. The highest BCUT2D eigenvalue weighted by Crippen LogP contribution is 2.44. The highest BCUT2D eigenvalue weighted by atomic mass is 79.9. The normalized spacial score (nSPS) is 18.6. The zero-order chi connectivity index (χ0) is 13.8. The van der Waals surface area contributed by atoms with E-state index in [1.165, 1.54) is 24.0 Å². The number of rotatable bonds is 4. The number of methoxy groups -OCH3 is 2. The van der Waals surface area contributed by atoms with Gasteiger partial charge in [0.05, 0.1) is 14.2 Å². The van der Waals surface area contributed by atoms with Gasteiger partial charge in [-0.25, -0.2) is 0 Å². The first-order valence-corrected chi connectivity index (χ1v) is 7.68. The molecule has 0 amide bonds. The van der Waals surface area contributed by atoms with E-state index in [9.17, 15) is 0 Å². The summed E-state index contributed by atoms with van der Waals surface area (Å²) in [6.07, 6.45) is 4.71. The van der Waals surface area contributed by atoms with Crippen molar-refractivity contribution >= 4 is 15.9 Å². The third-order valence-corrected chi connectivity index (χ3v) is 4.44. The quantitative estimate of drug-likeness (QED) is 0.852. The van der Waals surface area contributed by atoms with E-state index in [1.54, 1.807) is 14.2 Å². The van der Waals surface area contributed by atoms with Crippen LogP contribution in [0.3, 0.4) is 0 Å². The lowest BCUT2D eigenvalue weighted by atomic mass is 9.97. The molecule has 2 rings (SSSR count). The van der Waals surface area contributed by atoms with Crippen LogP contribution in [0.4, 0.5) is 0 Å². The smallest absolute Gasteiger partial charge is 0.165 e. The summed E-state index contributed by atoms with van der Waals surface area (Å²) in [5.74, 6) is 1.69. The molecule has 1 aromatic rings. The van der Waals surface area contributed by atoms with Crippen molar-refractivity contribution in [3.8, 4) is 11.5 Å². The number of ether oxygens (including phenoxy) is 2. The average Bonchev–Trinajstić information content (AvgIpc) is 2.62. The fourth-order valence-electron chi connectivity index (χ4n) is 2.90. The lowest BCUT2D eigenvalue weighted by Crippen LogP contribution is -2.22. The maximum atomic E-state index is 5.64. The van der Waals surface area contributed by atoms with Gasteiger partial charge in [-0.1, -0.05) is 29.3 Å². The van der Waals surface area contributed by atoms with Crippen molar-refractivity contribution in [2.24, 2.45) is 0 Å². The van der Waals surface area contributed by atoms with Gasteiger partial charge in [-0.3, -0.25) is 0 Å². The van der Waals surface area contributed by atoms with E-state index in [0.717, 1.165) is 35.4 Å². The molecule has 0 fully saturated rings. The highest BCUT2D eigenvalue weighted by Gasteiger charge is 2.26. The Morgan fingerprint density at radius 3 is 2.74 bits per heavy atom. The zero-order valence-corrected chi connectivity index (χ0v) is 13.5. The Morgan fingerprint density at radius 2 is 2.11 bits per heavy atom. The fourth-order valence-corrected chi connectivity index (χ4v) is 3.52. The Labute approximate surface area is 123 Å². The fraction of sp³-hybridized carbons (Fsp3) is 0.600. The third kappa shape index (κ3) is 2.90. The predicted molar refractivity (Wildman–Crippen MR) is 81.2 cm³/mol. The van der Waals surface area contributed by atoms with E-state index in [-0.39, 0.29) is 0 Å². The van der Waals surface area contributed by atoms with E-state index in [0.29, 0.717) is 6.04 Å². The summed E-state index contributed by atoms with van der Waals surface area (Å²) in [6.45, 7) is 3.11. The van der Waals surface area contributed by atoms with Crippen LogP contribution in [0.25, 0.3) is 0 Å². The van der Waals surface area contributed by atoms with Gasteiger partial charge in [0.2, 0.25) is 0 Å². The minimum Gasteiger partial charge on any atom is -0.493 e. The summed E-state index contributed by atoms with van der Waals surface area (Å²) in [4.78, 5) is 0. The molecule has 1 aliphatic rings. The molecule has 0 spiro atoms. The lowest BCUT2D eigenvalue weighted by Gasteiger charge is -2.23. The maximum Gasteiger partial charge on any atom is 0.165 e. The number of hydrogen-bond acceptors (Lipinski definition) is 3. The van der Waals surface area contributed by atoms with Crippen molar-refractivity contribution in [2.45, 2.75) is 38.6 Å². The Kier molecular flexibility index (Phi) is 5.11. The van der Waals surface area contributed by atoms with Crippen LogP contribution in [0.1, 0.15) is 43.4 Å². The van der Waals surface area contributed by atoms with Crippen LogP contribution in [0.2, 0.25) is 0 Å². The Morgan fingerprint density at radius 1 is 1.32 bits per heavy atom. The summed E-state index contributed by atoms with van der Waals surface area (Å²) in [7, 11) is 3.41. The molecule has 1 unspecified atom stereocenters. The second kappa shape index (κ2) is 6.62. The van der Waals surface area contributed by atoms with E-state index >= 15 is 0 Å². The maximum absolute atomic E-state index is 5.64. The lowest BCUT2D eigenvalue weighted by molar-refractivity contribution is 0.345. The van der Waals surface area contributed by atoms with E-state index in [4.69, 9.17) is 9.47 Å². The molecule has 0 aliphatic heterocycles. The van der Waals surface area contributed by atoms with Crippen LogP contribution >= 0.6 is 15.9 Å². The molecule has 0 heterocycles. The van der Waals surface area contributed by atoms with Gasteiger partial charge in [-0.2, -0.15) is 0 Å². The molecule has 0 saturated carbocycles. The number of halogens is 1. The van der Waals surface area contributed by atoms with Crippen molar-refractivity contribution in [3.05, 3.63) is 21.7 Å². The van der Waals surface area contributed by atoms with Crippen molar-refractivity contribution in [1.29, 1.82) is 0 Å². The third-order valence-electron chi connectivity index (χ3n) is 3.73. The Hall–Kier alpha value is -0.740. The summed E-state index contributed by atoms with van der Waals surface area (Å²) in [5.41, 5.74) is 2.63. The second-order valence-electron chi connectivity index (χ2n) is 4.84. The highest BCUT2D eigenvalue weighted by molar-refractivity contribution is 9.10. The zero-order valence-electron chi connectivity index (χ0n) is 11.9. The van der Waals surface area contributed by atoms with E-state index in [2.05, 4.69) is 28.2 Å². The minimum absolute atomic E-state index is 0.351. The van der Waals surface area contributed by atoms with Crippen molar-refractivity contribution in [1.82, 2.24) is 5.32 Å². The molecule has 1 aromatic carbocycles. The summed E-state index contributed by atoms with van der Waals surface area (Å²) >= 11 is 3.69. The number of benzene rings is 1. The van der Waals surface area contributed by atoms with E-state index < -0.39 is 0 Å². The predicted octanol–water partition coefficient (Wildman–Crippen LogP) is 3.84. The Balaban J connectivity index is 2.60. The molecule has 3 nitrogen and oxygen atoms in total. The second-order valence-corrected chi connectivity index (χ2v) is 5.70. The van der Waals surface area contributed by atoms with Crippen LogP contribution in [0.5, 0.6) is 11.5 Å². The Bertz CT molecular complexity index is 448. The van der Waals surface area contributed by atoms with Crippen molar-refractivity contribution in [3.63, 3.8) is 0 Å². The number of hydrogen-bond donors (Lipinski definition) is 1. The van der Waals surface area contributed by atoms with Gasteiger partial charge < -0.3 is 14.8 Å². The van der Waals surface area contributed by atoms with Gasteiger partial charge in [0.25, 0.3) is 0 Å². The topological polar surface area (TPSA) is 30.5 Å². The summed E-state index contributed by atoms with van der Waals surface area (Å²) in [5, 5.41) is 3.58. The molecule has 4 heteroatoms. The molecule has 1 atom stereocenters. The van der Waals surface area contributed by atoms with Crippen LogP contribution in [0.15, 0.2) is 10.5 Å². The standard InChI is InChI=1S/C15H22BrNO2/c1-4-17-12-8-6-5-7-10-11(16)9-13(18-2)15(19-3)14(10)12/h9,12,17H,4-8H2,1-3H3. The SMILES string of the molecule is CCNC1CCCCc2c(Br)cc(OC)c(OC)c21. The van der Waals surface area contributed by atoms with Crippen LogP contribution in [-0.4, -0.2) is 20.8 Å². The van der Waals surface area contributed by atoms with Gasteiger partial charge in [-0.05, 0) is 37.4 Å². The first kappa shape index (κ1) is 14.7. The first-order chi connectivity index (χ1) is 9.22. The molecule has 0 saturated heterocycles. The van der Waals surface area contributed by atoms with Gasteiger partial charge in [0.15, 0.2) is 11.5 Å². The largest absolute Gasteiger partial charge is 0.493 e. The van der Waals surface area contributed by atoms with Crippen molar-refractivity contribution in [2.75, 3.05) is 20.8 Å². The molecule has 0 radical (unpaired) electrons. The molecular weight excluding hydrogens is 306 g/mol. The van der Waals surface area contributed by atoms with Crippen LogP contribution in [0, 0.1) is 0 Å². The molecular formula is C15H22BrNO2. The van der Waals surface area contributed by atoms with Crippen LogP contribution < -0.4 is 14.8 Å². The van der Waals surface area contributed by atoms with Gasteiger partial charge in [0, 0.05) is 16.1 Å².